The monoisotopic (exact) mass is 310 g/mol. The lowest BCUT2D eigenvalue weighted by atomic mass is 10.1. The van der Waals surface area contributed by atoms with Crippen molar-refractivity contribution in [3.8, 4) is 5.75 Å². The Hall–Kier alpha value is -2.49. The van der Waals surface area contributed by atoms with Gasteiger partial charge in [0.2, 0.25) is 5.91 Å². The lowest BCUT2D eigenvalue weighted by Gasteiger charge is -2.36. The van der Waals surface area contributed by atoms with Gasteiger partial charge in [0.25, 0.3) is 0 Å². The number of phenolic OH excluding ortho intramolecular Hbond substituents is 1. The van der Waals surface area contributed by atoms with Crippen LogP contribution in [0.3, 0.4) is 0 Å². The standard InChI is InChI=1S/C19H22N2O2/c1-15-6-8-16(9-7-15)14-19(23)21-12-10-20(11-13-21)17-4-2-3-5-18(17)22/h2-9,22H,10-14H2,1H3. The van der Waals surface area contributed by atoms with E-state index in [-0.39, 0.29) is 5.91 Å². The lowest BCUT2D eigenvalue weighted by Crippen LogP contribution is -2.49. The van der Waals surface area contributed by atoms with Crippen LogP contribution in [0.2, 0.25) is 0 Å². The highest BCUT2D eigenvalue weighted by atomic mass is 16.3. The molecule has 0 radical (unpaired) electrons. The fraction of sp³-hybridized carbons (Fsp3) is 0.316. The Morgan fingerprint density at radius 3 is 2.30 bits per heavy atom. The molecule has 0 bridgehead atoms. The molecule has 1 aliphatic rings. The van der Waals surface area contributed by atoms with Crippen molar-refractivity contribution in [2.75, 3.05) is 31.1 Å². The molecule has 1 saturated heterocycles. The average molecular weight is 310 g/mol. The quantitative estimate of drug-likeness (QED) is 0.947. The van der Waals surface area contributed by atoms with Crippen molar-refractivity contribution in [1.82, 2.24) is 4.90 Å². The van der Waals surface area contributed by atoms with Crippen LogP contribution < -0.4 is 4.90 Å². The number of benzene rings is 2. The van der Waals surface area contributed by atoms with Crippen LogP contribution in [0.1, 0.15) is 11.1 Å². The maximum Gasteiger partial charge on any atom is 0.227 e. The number of piperazine rings is 1. The molecule has 1 heterocycles. The summed E-state index contributed by atoms with van der Waals surface area (Å²) in [5, 5.41) is 9.93. The number of rotatable bonds is 3. The third-order valence-electron chi connectivity index (χ3n) is 4.33. The second kappa shape index (κ2) is 6.73. The molecule has 1 fully saturated rings. The molecular weight excluding hydrogens is 288 g/mol. The highest BCUT2D eigenvalue weighted by Gasteiger charge is 2.22. The van der Waals surface area contributed by atoms with Crippen LogP contribution >= 0.6 is 0 Å². The Labute approximate surface area is 137 Å². The lowest BCUT2D eigenvalue weighted by molar-refractivity contribution is -0.130. The van der Waals surface area contributed by atoms with Crippen molar-refractivity contribution < 1.29 is 9.90 Å². The summed E-state index contributed by atoms with van der Waals surface area (Å²) in [5.74, 6) is 0.470. The van der Waals surface area contributed by atoms with Gasteiger partial charge in [0.15, 0.2) is 0 Å². The molecule has 0 atom stereocenters. The summed E-state index contributed by atoms with van der Waals surface area (Å²) in [6, 6.07) is 15.5. The first-order valence-corrected chi connectivity index (χ1v) is 8.00. The summed E-state index contributed by atoms with van der Waals surface area (Å²) in [6.45, 7) is 4.93. The summed E-state index contributed by atoms with van der Waals surface area (Å²) in [7, 11) is 0. The van der Waals surface area contributed by atoms with Gasteiger partial charge in [-0.2, -0.15) is 0 Å². The van der Waals surface area contributed by atoms with Crippen LogP contribution in [0.15, 0.2) is 48.5 Å². The smallest absolute Gasteiger partial charge is 0.227 e. The summed E-state index contributed by atoms with van der Waals surface area (Å²) >= 11 is 0. The minimum Gasteiger partial charge on any atom is -0.506 e. The number of para-hydroxylation sites is 2. The molecule has 0 spiro atoms. The number of carbonyl (C=O) groups excluding carboxylic acids is 1. The molecule has 2 aromatic rings. The Balaban J connectivity index is 1.57. The number of hydrogen-bond acceptors (Lipinski definition) is 3. The summed E-state index contributed by atoms with van der Waals surface area (Å²) < 4.78 is 0. The van der Waals surface area contributed by atoms with Gasteiger partial charge in [0.1, 0.15) is 5.75 Å². The minimum atomic E-state index is 0.172. The molecule has 23 heavy (non-hydrogen) atoms. The van der Waals surface area contributed by atoms with E-state index < -0.39 is 0 Å². The molecule has 1 amide bonds. The predicted octanol–water partition coefficient (Wildman–Crippen LogP) is 2.59. The fourth-order valence-electron chi connectivity index (χ4n) is 2.92. The van der Waals surface area contributed by atoms with Gasteiger partial charge < -0.3 is 14.9 Å². The van der Waals surface area contributed by atoms with Crippen LogP contribution in [0, 0.1) is 6.92 Å². The molecule has 0 saturated carbocycles. The number of aromatic hydroxyl groups is 1. The molecule has 0 unspecified atom stereocenters. The highest BCUT2D eigenvalue weighted by Crippen LogP contribution is 2.27. The van der Waals surface area contributed by atoms with Gasteiger partial charge in [-0.25, -0.2) is 0 Å². The van der Waals surface area contributed by atoms with E-state index in [4.69, 9.17) is 0 Å². The summed E-state index contributed by atoms with van der Waals surface area (Å²) in [4.78, 5) is 16.5. The van der Waals surface area contributed by atoms with Gasteiger partial charge in [-0.1, -0.05) is 42.0 Å². The number of nitrogens with zero attached hydrogens (tertiary/aromatic N) is 2. The second-order valence-electron chi connectivity index (χ2n) is 6.02. The molecule has 2 aromatic carbocycles. The number of hydrogen-bond donors (Lipinski definition) is 1. The first kappa shape index (κ1) is 15.4. The number of phenols is 1. The van der Waals surface area contributed by atoms with Crippen molar-refractivity contribution in [2.45, 2.75) is 13.3 Å². The van der Waals surface area contributed by atoms with Crippen molar-refractivity contribution in [2.24, 2.45) is 0 Å². The fourth-order valence-corrected chi connectivity index (χ4v) is 2.92. The van der Waals surface area contributed by atoms with Crippen molar-refractivity contribution in [3.05, 3.63) is 59.7 Å². The van der Waals surface area contributed by atoms with Crippen LogP contribution in [-0.2, 0) is 11.2 Å². The molecule has 4 nitrogen and oxygen atoms in total. The largest absolute Gasteiger partial charge is 0.506 e. The van der Waals surface area contributed by atoms with E-state index in [0.29, 0.717) is 25.3 Å². The number of aryl methyl sites for hydroxylation is 1. The maximum atomic E-state index is 12.4. The molecule has 3 rings (SSSR count). The van der Waals surface area contributed by atoms with E-state index in [0.717, 1.165) is 24.3 Å². The normalized spacial score (nSPS) is 14.8. The van der Waals surface area contributed by atoms with E-state index in [9.17, 15) is 9.90 Å². The molecule has 1 aliphatic heterocycles. The topological polar surface area (TPSA) is 43.8 Å². The van der Waals surface area contributed by atoms with Crippen molar-refractivity contribution >= 4 is 11.6 Å². The molecule has 120 valence electrons. The zero-order valence-electron chi connectivity index (χ0n) is 13.4. The third-order valence-corrected chi connectivity index (χ3v) is 4.33. The Kier molecular flexibility index (Phi) is 4.51. The predicted molar refractivity (Wildman–Crippen MR) is 91.8 cm³/mol. The van der Waals surface area contributed by atoms with E-state index in [1.807, 2.05) is 54.3 Å². The maximum absolute atomic E-state index is 12.4. The highest BCUT2D eigenvalue weighted by molar-refractivity contribution is 5.79. The van der Waals surface area contributed by atoms with Crippen LogP contribution in [0.4, 0.5) is 5.69 Å². The molecule has 4 heteroatoms. The first-order valence-electron chi connectivity index (χ1n) is 8.00. The Morgan fingerprint density at radius 1 is 1.00 bits per heavy atom. The van der Waals surface area contributed by atoms with E-state index in [1.165, 1.54) is 5.56 Å². The molecule has 1 N–H and O–H groups in total. The zero-order valence-corrected chi connectivity index (χ0v) is 13.4. The average Bonchev–Trinajstić information content (AvgIpc) is 2.57. The number of carbonyl (C=O) groups is 1. The second-order valence-corrected chi connectivity index (χ2v) is 6.02. The van der Waals surface area contributed by atoms with Crippen LogP contribution in [0.5, 0.6) is 5.75 Å². The van der Waals surface area contributed by atoms with Gasteiger partial charge in [0, 0.05) is 26.2 Å². The van der Waals surface area contributed by atoms with Gasteiger partial charge in [-0.05, 0) is 24.6 Å². The molecular formula is C19H22N2O2. The van der Waals surface area contributed by atoms with Crippen molar-refractivity contribution in [1.29, 1.82) is 0 Å². The third kappa shape index (κ3) is 3.65. The van der Waals surface area contributed by atoms with Gasteiger partial charge in [0.05, 0.1) is 12.1 Å². The molecule has 0 aliphatic carbocycles. The van der Waals surface area contributed by atoms with E-state index in [1.54, 1.807) is 6.07 Å². The van der Waals surface area contributed by atoms with Crippen molar-refractivity contribution in [3.63, 3.8) is 0 Å². The van der Waals surface area contributed by atoms with Gasteiger partial charge in [-0.15, -0.1) is 0 Å². The van der Waals surface area contributed by atoms with Gasteiger partial charge in [-0.3, -0.25) is 4.79 Å². The summed E-state index contributed by atoms with van der Waals surface area (Å²) in [6.07, 6.45) is 0.455. The van der Waals surface area contributed by atoms with Gasteiger partial charge >= 0.3 is 0 Å². The minimum absolute atomic E-state index is 0.172. The van der Waals surface area contributed by atoms with E-state index >= 15 is 0 Å². The van der Waals surface area contributed by atoms with Crippen LogP contribution in [-0.4, -0.2) is 42.1 Å². The summed E-state index contributed by atoms with van der Waals surface area (Å²) in [5.41, 5.74) is 3.11. The SMILES string of the molecule is Cc1ccc(CC(=O)N2CCN(c3ccccc3O)CC2)cc1. The number of amides is 1. The number of anilines is 1. The van der Waals surface area contributed by atoms with E-state index in [2.05, 4.69) is 4.90 Å². The Bertz CT molecular complexity index is 674. The van der Waals surface area contributed by atoms with Crippen LogP contribution in [0.25, 0.3) is 0 Å². The molecule has 0 aromatic heterocycles. The first-order chi connectivity index (χ1) is 11.1. The Morgan fingerprint density at radius 2 is 1.65 bits per heavy atom. The zero-order chi connectivity index (χ0) is 16.2.